The summed E-state index contributed by atoms with van der Waals surface area (Å²) in [4.78, 5) is 0. The fraction of sp³-hybridized carbons (Fsp3) is 1.00. The minimum absolute atomic E-state index is 0.0521. The van der Waals surface area contributed by atoms with E-state index in [1.54, 1.807) is 0 Å². The first-order valence-electron chi connectivity index (χ1n) is 5.49. The number of nitrogens with one attached hydrogen (secondary N) is 1. The highest BCUT2D eigenvalue weighted by atomic mass is 16.5. The van der Waals surface area contributed by atoms with Gasteiger partial charge in [-0.15, -0.1) is 0 Å². The summed E-state index contributed by atoms with van der Waals surface area (Å²) in [5.41, 5.74) is -0.400. The monoisotopic (exact) mass is 217 g/mol. The molecule has 3 N–H and O–H groups in total. The van der Waals surface area contributed by atoms with Gasteiger partial charge in [0.25, 0.3) is 0 Å². The molecule has 0 aromatic rings. The lowest BCUT2D eigenvalue weighted by molar-refractivity contribution is -0.0711. The second-order valence-corrected chi connectivity index (χ2v) is 5.45. The van der Waals surface area contributed by atoms with Crippen molar-refractivity contribution in [1.29, 1.82) is 0 Å². The SMILES string of the molecule is CC1(C)C[C@H](NC(CO)CO)C(C)(C)O1. The van der Waals surface area contributed by atoms with Crippen LogP contribution in [-0.2, 0) is 4.74 Å². The van der Waals surface area contributed by atoms with E-state index >= 15 is 0 Å². The maximum atomic E-state index is 9.02. The van der Waals surface area contributed by atoms with Crippen molar-refractivity contribution in [2.75, 3.05) is 13.2 Å². The van der Waals surface area contributed by atoms with Crippen molar-refractivity contribution in [2.45, 2.75) is 57.4 Å². The van der Waals surface area contributed by atoms with Crippen molar-refractivity contribution in [1.82, 2.24) is 5.32 Å². The van der Waals surface area contributed by atoms with Crippen LogP contribution >= 0.6 is 0 Å². The van der Waals surface area contributed by atoms with Gasteiger partial charge in [-0.25, -0.2) is 0 Å². The Morgan fingerprint density at radius 1 is 1.27 bits per heavy atom. The lowest BCUT2D eigenvalue weighted by Crippen LogP contribution is -2.50. The van der Waals surface area contributed by atoms with Crippen LogP contribution in [0.15, 0.2) is 0 Å². The summed E-state index contributed by atoms with van der Waals surface area (Å²) in [6.45, 7) is 8.08. The lowest BCUT2D eigenvalue weighted by Gasteiger charge is -2.30. The Labute approximate surface area is 91.6 Å². The van der Waals surface area contributed by atoms with Gasteiger partial charge in [-0.1, -0.05) is 0 Å². The molecule has 0 unspecified atom stereocenters. The zero-order valence-corrected chi connectivity index (χ0v) is 10.1. The highest BCUT2D eigenvalue weighted by Crippen LogP contribution is 2.37. The van der Waals surface area contributed by atoms with Crippen LogP contribution in [0, 0.1) is 0 Å². The minimum atomic E-state index is -0.258. The first kappa shape index (κ1) is 12.9. The Balaban J connectivity index is 2.62. The van der Waals surface area contributed by atoms with E-state index in [0.717, 1.165) is 6.42 Å². The topological polar surface area (TPSA) is 61.7 Å². The van der Waals surface area contributed by atoms with E-state index in [0.29, 0.717) is 0 Å². The summed E-state index contributed by atoms with van der Waals surface area (Å²) >= 11 is 0. The molecule has 0 saturated carbocycles. The third-order valence-electron chi connectivity index (χ3n) is 2.95. The van der Waals surface area contributed by atoms with Crippen molar-refractivity contribution in [2.24, 2.45) is 0 Å². The Morgan fingerprint density at radius 2 is 1.80 bits per heavy atom. The minimum Gasteiger partial charge on any atom is -0.395 e. The Morgan fingerprint density at radius 3 is 2.13 bits per heavy atom. The molecule has 0 bridgehead atoms. The predicted octanol–water partition coefficient (Wildman–Crippen LogP) is 0.275. The maximum Gasteiger partial charge on any atom is 0.0787 e. The van der Waals surface area contributed by atoms with E-state index in [2.05, 4.69) is 19.2 Å². The second-order valence-electron chi connectivity index (χ2n) is 5.45. The molecule has 0 aliphatic carbocycles. The van der Waals surface area contributed by atoms with Crippen molar-refractivity contribution in [3.63, 3.8) is 0 Å². The normalized spacial score (nSPS) is 28.6. The molecular formula is C11H23NO3. The molecule has 1 atom stereocenters. The number of rotatable bonds is 4. The van der Waals surface area contributed by atoms with Crippen molar-refractivity contribution >= 4 is 0 Å². The summed E-state index contributed by atoms with van der Waals surface area (Å²) in [5, 5.41) is 21.3. The van der Waals surface area contributed by atoms with Crippen LogP contribution in [0.1, 0.15) is 34.1 Å². The van der Waals surface area contributed by atoms with Gasteiger partial charge >= 0.3 is 0 Å². The lowest BCUT2D eigenvalue weighted by atomic mass is 9.94. The third kappa shape index (κ3) is 3.14. The molecule has 1 saturated heterocycles. The van der Waals surface area contributed by atoms with Crippen LogP contribution in [0.4, 0.5) is 0 Å². The summed E-state index contributed by atoms with van der Waals surface area (Å²) in [5.74, 6) is 0. The fourth-order valence-corrected chi connectivity index (χ4v) is 2.27. The van der Waals surface area contributed by atoms with Crippen molar-refractivity contribution < 1.29 is 14.9 Å². The number of hydrogen-bond acceptors (Lipinski definition) is 4. The maximum absolute atomic E-state index is 9.02. The van der Waals surface area contributed by atoms with Crippen LogP contribution in [0.25, 0.3) is 0 Å². The van der Waals surface area contributed by atoms with Gasteiger partial charge in [0.2, 0.25) is 0 Å². The van der Waals surface area contributed by atoms with Gasteiger partial charge < -0.3 is 20.3 Å². The van der Waals surface area contributed by atoms with E-state index in [4.69, 9.17) is 14.9 Å². The molecule has 1 aliphatic heterocycles. The molecular weight excluding hydrogens is 194 g/mol. The molecule has 1 heterocycles. The van der Waals surface area contributed by atoms with Crippen molar-refractivity contribution in [3.05, 3.63) is 0 Å². The summed E-state index contributed by atoms with van der Waals surface area (Å²) in [6.07, 6.45) is 0.885. The number of ether oxygens (including phenoxy) is 1. The molecule has 1 fully saturated rings. The predicted molar refractivity (Wildman–Crippen MR) is 58.7 cm³/mol. The Bertz CT molecular complexity index is 212. The van der Waals surface area contributed by atoms with Crippen LogP contribution in [0.5, 0.6) is 0 Å². The molecule has 1 rings (SSSR count). The molecule has 0 spiro atoms. The second kappa shape index (κ2) is 4.37. The van der Waals surface area contributed by atoms with Gasteiger partial charge in [0.1, 0.15) is 0 Å². The van der Waals surface area contributed by atoms with Gasteiger partial charge in [0, 0.05) is 6.04 Å². The molecule has 90 valence electrons. The highest BCUT2D eigenvalue weighted by Gasteiger charge is 2.46. The Hall–Kier alpha value is -0.160. The molecule has 0 amide bonds. The summed E-state index contributed by atoms with van der Waals surface area (Å²) in [6, 6.07) is -0.0939. The number of hydrogen-bond donors (Lipinski definition) is 3. The standard InChI is InChI=1S/C11H23NO3/c1-10(2)5-9(11(3,4)15-10)12-8(6-13)7-14/h8-9,12-14H,5-7H2,1-4H3/t9-/m0/s1. The van der Waals surface area contributed by atoms with E-state index in [1.165, 1.54) is 0 Å². The molecule has 0 aromatic heterocycles. The van der Waals surface area contributed by atoms with Crippen molar-refractivity contribution in [3.8, 4) is 0 Å². The van der Waals surface area contributed by atoms with E-state index < -0.39 is 0 Å². The smallest absolute Gasteiger partial charge is 0.0787 e. The highest BCUT2D eigenvalue weighted by molar-refractivity contribution is 4.99. The van der Waals surface area contributed by atoms with Crippen LogP contribution in [-0.4, -0.2) is 46.7 Å². The number of aliphatic hydroxyl groups is 2. The van der Waals surface area contributed by atoms with Gasteiger partial charge in [-0.2, -0.15) is 0 Å². The van der Waals surface area contributed by atoms with E-state index in [9.17, 15) is 0 Å². The third-order valence-corrected chi connectivity index (χ3v) is 2.95. The fourth-order valence-electron chi connectivity index (χ4n) is 2.27. The molecule has 0 aromatic carbocycles. The van der Waals surface area contributed by atoms with Crippen LogP contribution in [0.3, 0.4) is 0 Å². The first-order chi connectivity index (χ1) is 6.80. The first-order valence-corrected chi connectivity index (χ1v) is 5.49. The number of aliphatic hydroxyl groups excluding tert-OH is 2. The zero-order chi connectivity index (χ0) is 11.7. The summed E-state index contributed by atoms with van der Waals surface area (Å²) in [7, 11) is 0. The average molecular weight is 217 g/mol. The molecule has 4 heteroatoms. The van der Waals surface area contributed by atoms with Gasteiger partial charge in [-0.3, -0.25) is 0 Å². The van der Waals surface area contributed by atoms with Gasteiger partial charge in [0.15, 0.2) is 0 Å². The van der Waals surface area contributed by atoms with Crippen LogP contribution < -0.4 is 5.32 Å². The van der Waals surface area contributed by atoms with Crippen LogP contribution in [0.2, 0.25) is 0 Å². The molecule has 1 aliphatic rings. The van der Waals surface area contributed by atoms with E-state index in [1.807, 2.05) is 13.8 Å². The summed E-state index contributed by atoms with van der Waals surface area (Å²) < 4.78 is 5.91. The van der Waals surface area contributed by atoms with E-state index in [-0.39, 0.29) is 36.5 Å². The molecule has 15 heavy (non-hydrogen) atoms. The zero-order valence-electron chi connectivity index (χ0n) is 10.1. The quantitative estimate of drug-likeness (QED) is 0.633. The van der Waals surface area contributed by atoms with Gasteiger partial charge in [-0.05, 0) is 34.1 Å². The largest absolute Gasteiger partial charge is 0.395 e. The van der Waals surface area contributed by atoms with Gasteiger partial charge in [0.05, 0.1) is 30.5 Å². The molecule has 0 radical (unpaired) electrons. The Kier molecular flexibility index (Phi) is 3.76. The molecule has 4 nitrogen and oxygen atoms in total. The average Bonchev–Trinajstić information content (AvgIpc) is 2.30.